The number of hydrogen-bond donors (Lipinski definition) is 0. The van der Waals surface area contributed by atoms with Crippen molar-refractivity contribution in [2.24, 2.45) is 5.41 Å². The predicted molar refractivity (Wildman–Crippen MR) is 48.6 cm³/mol. The first-order chi connectivity index (χ1) is 6.18. The van der Waals surface area contributed by atoms with Gasteiger partial charge in [-0.1, -0.05) is 6.92 Å². The number of ether oxygens (including phenoxy) is 3. The van der Waals surface area contributed by atoms with Gasteiger partial charge < -0.3 is 14.2 Å². The highest BCUT2D eigenvalue weighted by Crippen LogP contribution is 2.40. The molecule has 2 bridgehead atoms. The van der Waals surface area contributed by atoms with Crippen molar-refractivity contribution in [1.29, 1.82) is 0 Å². The van der Waals surface area contributed by atoms with Gasteiger partial charge >= 0.3 is 0 Å². The molecule has 13 heavy (non-hydrogen) atoms. The number of hydrogen-bond acceptors (Lipinski definition) is 3. The lowest BCUT2D eigenvalue weighted by molar-refractivity contribution is -0.467. The second-order valence-corrected chi connectivity index (χ2v) is 4.53. The molecule has 0 aliphatic carbocycles. The van der Waals surface area contributed by atoms with Crippen molar-refractivity contribution in [3.63, 3.8) is 0 Å². The zero-order chi connectivity index (χ0) is 9.36. The third-order valence-corrected chi connectivity index (χ3v) is 2.81. The largest absolute Gasteiger partial charge is 0.327 e. The van der Waals surface area contributed by atoms with Crippen molar-refractivity contribution in [3.8, 4) is 0 Å². The predicted octanol–water partition coefficient (Wildman–Crippen LogP) is 1.74. The molecule has 3 heterocycles. The van der Waals surface area contributed by atoms with Crippen molar-refractivity contribution >= 4 is 11.6 Å². The van der Waals surface area contributed by atoms with Crippen molar-refractivity contribution in [2.45, 2.75) is 25.7 Å². The molecule has 3 saturated heterocycles. The molecule has 4 heteroatoms. The van der Waals surface area contributed by atoms with Crippen molar-refractivity contribution in [2.75, 3.05) is 25.7 Å². The maximum absolute atomic E-state index is 5.61. The van der Waals surface area contributed by atoms with Crippen LogP contribution in [0.4, 0.5) is 0 Å². The Morgan fingerprint density at radius 1 is 1.15 bits per heavy atom. The Morgan fingerprint density at radius 3 is 2.15 bits per heavy atom. The lowest BCUT2D eigenvalue weighted by Crippen LogP contribution is -2.58. The SMILES string of the molecule is CC12COC(CCCCl)(OC1)OC2. The minimum Gasteiger partial charge on any atom is -0.327 e. The Labute approximate surface area is 83.3 Å². The van der Waals surface area contributed by atoms with Gasteiger partial charge in [-0.25, -0.2) is 0 Å². The van der Waals surface area contributed by atoms with E-state index in [2.05, 4.69) is 6.92 Å². The van der Waals surface area contributed by atoms with E-state index in [1.807, 2.05) is 0 Å². The maximum Gasteiger partial charge on any atom is 0.282 e. The molecular weight excluding hydrogens is 192 g/mol. The lowest BCUT2D eigenvalue weighted by atomic mass is 9.91. The van der Waals surface area contributed by atoms with Crippen LogP contribution in [0.3, 0.4) is 0 Å². The van der Waals surface area contributed by atoms with Gasteiger partial charge in [-0.3, -0.25) is 0 Å². The van der Waals surface area contributed by atoms with Gasteiger partial charge in [0.2, 0.25) is 0 Å². The van der Waals surface area contributed by atoms with E-state index < -0.39 is 5.97 Å². The van der Waals surface area contributed by atoms with Crippen molar-refractivity contribution < 1.29 is 14.2 Å². The first-order valence-electron chi connectivity index (χ1n) is 4.66. The summed E-state index contributed by atoms with van der Waals surface area (Å²) in [6.45, 7) is 4.30. The minimum atomic E-state index is -0.771. The molecule has 0 unspecified atom stereocenters. The lowest BCUT2D eigenvalue weighted by Gasteiger charge is -2.50. The van der Waals surface area contributed by atoms with Gasteiger partial charge in [-0.15, -0.1) is 11.6 Å². The summed E-state index contributed by atoms with van der Waals surface area (Å²) < 4.78 is 16.7. The molecule has 0 spiro atoms. The first kappa shape index (κ1) is 9.71. The van der Waals surface area contributed by atoms with Crippen LogP contribution in [0, 0.1) is 5.41 Å². The van der Waals surface area contributed by atoms with E-state index in [1.165, 1.54) is 0 Å². The van der Waals surface area contributed by atoms with Crippen LogP contribution >= 0.6 is 11.6 Å². The normalized spacial score (nSPS) is 43.8. The minimum absolute atomic E-state index is 0.0582. The van der Waals surface area contributed by atoms with Crippen LogP contribution in [0.5, 0.6) is 0 Å². The smallest absolute Gasteiger partial charge is 0.282 e. The molecule has 3 aliphatic heterocycles. The summed E-state index contributed by atoms with van der Waals surface area (Å²) in [4.78, 5) is 0. The molecule has 0 aromatic heterocycles. The van der Waals surface area contributed by atoms with Crippen molar-refractivity contribution in [1.82, 2.24) is 0 Å². The van der Waals surface area contributed by atoms with Gasteiger partial charge in [0, 0.05) is 17.7 Å². The Kier molecular flexibility index (Phi) is 2.53. The number of alkyl halides is 1. The van der Waals surface area contributed by atoms with Crippen LogP contribution in [0.1, 0.15) is 19.8 Å². The fraction of sp³-hybridized carbons (Fsp3) is 1.00. The summed E-state index contributed by atoms with van der Waals surface area (Å²) in [5.41, 5.74) is 0.0582. The average Bonchev–Trinajstić information content (AvgIpc) is 2.18. The fourth-order valence-corrected chi connectivity index (χ4v) is 1.74. The Morgan fingerprint density at radius 2 is 1.69 bits per heavy atom. The molecule has 3 rings (SSSR count). The fourth-order valence-electron chi connectivity index (χ4n) is 1.60. The monoisotopic (exact) mass is 206 g/mol. The Hall–Kier alpha value is 0.170. The zero-order valence-electron chi connectivity index (χ0n) is 7.85. The molecule has 76 valence electrons. The van der Waals surface area contributed by atoms with E-state index >= 15 is 0 Å². The van der Waals surface area contributed by atoms with Crippen LogP contribution < -0.4 is 0 Å². The van der Waals surface area contributed by atoms with Gasteiger partial charge in [0.05, 0.1) is 19.8 Å². The molecule has 3 nitrogen and oxygen atoms in total. The standard InChI is InChI=1S/C9H15ClO3/c1-8-5-11-9(12-6-8,13-7-8)3-2-4-10/h2-7H2,1H3. The van der Waals surface area contributed by atoms with E-state index in [0.29, 0.717) is 5.88 Å². The van der Waals surface area contributed by atoms with Crippen LogP contribution in [0.15, 0.2) is 0 Å². The van der Waals surface area contributed by atoms with Gasteiger partial charge in [0.15, 0.2) is 0 Å². The number of halogens is 1. The molecule has 3 aliphatic rings. The average molecular weight is 207 g/mol. The van der Waals surface area contributed by atoms with Gasteiger partial charge in [0.1, 0.15) is 0 Å². The first-order valence-corrected chi connectivity index (χ1v) is 5.19. The summed E-state index contributed by atoms with van der Waals surface area (Å²) in [5.74, 6) is -0.151. The van der Waals surface area contributed by atoms with Gasteiger partial charge in [0.25, 0.3) is 5.97 Å². The highest BCUT2D eigenvalue weighted by molar-refractivity contribution is 6.17. The Bertz CT molecular complexity index is 165. The van der Waals surface area contributed by atoms with Crippen LogP contribution in [0.25, 0.3) is 0 Å². The molecule has 0 saturated carbocycles. The summed E-state index contributed by atoms with van der Waals surface area (Å²) in [6, 6.07) is 0. The topological polar surface area (TPSA) is 27.7 Å². The van der Waals surface area contributed by atoms with Gasteiger partial charge in [-0.2, -0.15) is 0 Å². The van der Waals surface area contributed by atoms with Crippen LogP contribution in [0.2, 0.25) is 0 Å². The molecule has 3 fully saturated rings. The molecule has 0 amide bonds. The highest BCUT2D eigenvalue weighted by atomic mass is 35.5. The van der Waals surface area contributed by atoms with Gasteiger partial charge in [-0.05, 0) is 6.42 Å². The summed E-state index contributed by atoms with van der Waals surface area (Å²) in [6.07, 6.45) is 1.59. The van der Waals surface area contributed by atoms with E-state index in [9.17, 15) is 0 Å². The van der Waals surface area contributed by atoms with E-state index in [-0.39, 0.29) is 5.41 Å². The molecule has 0 aromatic rings. The molecular formula is C9H15ClO3. The molecule has 0 atom stereocenters. The number of rotatable bonds is 3. The number of fused-ring (bicyclic) bond motifs is 3. The maximum atomic E-state index is 5.61. The molecule has 0 N–H and O–H groups in total. The summed E-state index contributed by atoms with van der Waals surface area (Å²) in [5, 5.41) is 0. The molecule has 0 aromatic carbocycles. The third kappa shape index (κ3) is 1.84. The third-order valence-electron chi connectivity index (χ3n) is 2.54. The highest BCUT2D eigenvalue weighted by Gasteiger charge is 2.49. The second-order valence-electron chi connectivity index (χ2n) is 4.15. The quantitative estimate of drug-likeness (QED) is 0.659. The second kappa shape index (κ2) is 3.39. The van der Waals surface area contributed by atoms with Crippen LogP contribution in [-0.4, -0.2) is 31.7 Å². The zero-order valence-corrected chi connectivity index (χ0v) is 8.60. The van der Waals surface area contributed by atoms with Crippen molar-refractivity contribution in [3.05, 3.63) is 0 Å². The van der Waals surface area contributed by atoms with E-state index in [0.717, 1.165) is 32.7 Å². The summed E-state index contributed by atoms with van der Waals surface area (Å²) >= 11 is 5.61. The van der Waals surface area contributed by atoms with E-state index in [1.54, 1.807) is 0 Å². The van der Waals surface area contributed by atoms with E-state index in [4.69, 9.17) is 25.8 Å². The van der Waals surface area contributed by atoms with Crippen LogP contribution in [-0.2, 0) is 14.2 Å². The Balaban J connectivity index is 1.95. The molecule has 0 radical (unpaired) electrons. The summed E-state index contributed by atoms with van der Waals surface area (Å²) in [7, 11) is 0.